The standard InChI is InChI=1S/2C18H15P.C7H7NO3.CHCl3.Pt/c2*1-4-10-16(11-5-1)19(17-12-6-2-7-13-17)18-14-8-3-9-15-18;9-6-4-2-1-3-5(6)7(10)8-11;2-1(3)4;/h2*1-15H;1-4,9,11H,(H,8,10);1H;/q;;;;+2. The second-order valence-corrected chi connectivity index (χ2v) is 18.0. The predicted octanol–water partition coefficient (Wildman–Crippen LogP) is 7.59. The van der Waals surface area contributed by atoms with Gasteiger partial charge < -0.3 is 15.4 Å². The normalized spacial score (nSPS) is 10.4. The first-order valence-corrected chi connectivity index (χ1v) is 20.8. The van der Waals surface area contributed by atoms with Crippen LogP contribution in [-0.2, 0) is 21.1 Å². The van der Waals surface area contributed by atoms with Crippen molar-refractivity contribution in [3.63, 3.8) is 0 Å². The Morgan fingerprint density at radius 2 is 0.630 bits per heavy atom. The fraction of sp³-hybridized carbons (Fsp3) is 0.0227. The first-order chi connectivity index (χ1) is 25.9. The number of rotatable bonds is 7. The summed E-state index contributed by atoms with van der Waals surface area (Å²) in [4.78, 5) is 0. The largest absolute Gasteiger partial charge is 2.00 e. The van der Waals surface area contributed by atoms with E-state index in [1.165, 1.54) is 56.1 Å². The molecule has 7 aromatic carbocycles. The number of hydrogen-bond donors (Lipinski definition) is 1. The Morgan fingerprint density at radius 1 is 0.426 bits per heavy atom. The summed E-state index contributed by atoms with van der Waals surface area (Å²) in [7, 11) is -1.75. The molecule has 0 radical (unpaired) electrons. The second kappa shape index (κ2) is 25.2. The Hall–Kier alpha value is -3.97. The average molecular weight is 992 g/mol. The molecule has 0 amide bonds. The summed E-state index contributed by atoms with van der Waals surface area (Å²) in [6.07, 6.45) is 0. The van der Waals surface area contributed by atoms with E-state index in [2.05, 4.69) is 187 Å². The van der Waals surface area contributed by atoms with E-state index in [1.54, 1.807) is 0 Å². The van der Waals surface area contributed by atoms with Crippen LogP contribution in [0, 0.1) is 0 Å². The van der Waals surface area contributed by atoms with Crippen LogP contribution in [0.5, 0.6) is 5.75 Å². The Bertz CT molecular complexity index is 1740. The molecule has 0 atom stereocenters. The molecule has 0 bridgehead atoms. The number of para-hydroxylation sites is 1. The molecular weight excluding hydrogens is 954 g/mol. The minimum absolute atomic E-state index is 0. The summed E-state index contributed by atoms with van der Waals surface area (Å²) in [5.74, 6) is -1.34. The van der Waals surface area contributed by atoms with Gasteiger partial charge in [-0.3, -0.25) is 0 Å². The van der Waals surface area contributed by atoms with Crippen LogP contribution in [0.25, 0.3) is 0 Å². The van der Waals surface area contributed by atoms with E-state index in [1.807, 2.05) is 0 Å². The molecule has 0 unspecified atom stereocenters. The van der Waals surface area contributed by atoms with Gasteiger partial charge >= 0.3 is 21.1 Å². The van der Waals surface area contributed by atoms with Gasteiger partial charge in [0.2, 0.25) is 0 Å². The number of nitrogens with zero attached hydrogens (tertiary/aromatic N) is 1. The van der Waals surface area contributed by atoms with Gasteiger partial charge in [0.1, 0.15) is 31.8 Å². The van der Waals surface area contributed by atoms with Gasteiger partial charge in [-0.15, -0.1) is 10.9 Å². The van der Waals surface area contributed by atoms with Crippen molar-refractivity contribution in [2.75, 3.05) is 0 Å². The molecule has 4 nitrogen and oxygen atoms in total. The predicted molar refractivity (Wildman–Crippen MR) is 229 cm³/mol. The third-order valence-electron chi connectivity index (χ3n) is 7.58. The van der Waals surface area contributed by atoms with Crippen LogP contribution in [0.1, 0.15) is 5.56 Å². The van der Waals surface area contributed by atoms with Gasteiger partial charge in [0.15, 0.2) is 4.30 Å². The molecule has 10 heteroatoms. The number of oxime groups is 1. The van der Waals surface area contributed by atoms with Gasteiger partial charge in [-0.2, -0.15) is 0 Å². The Kier molecular flexibility index (Phi) is 20.7. The third kappa shape index (κ3) is 14.7. The van der Waals surface area contributed by atoms with Crippen LogP contribution < -0.4 is 42.0 Å². The number of alkyl halides is 3. The van der Waals surface area contributed by atoms with Crippen molar-refractivity contribution in [2.45, 2.75) is 4.30 Å². The van der Waals surface area contributed by atoms with Gasteiger partial charge in [0.05, 0.1) is 15.8 Å². The molecule has 0 aromatic heterocycles. The minimum atomic E-state index is -0.907. The van der Waals surface area contributed by atoms with Crippen molar-refractivity contribution in [1.29, 1.82) is 0 Å². The molecule has 1 N–H and O–H groups in total. The SMILES string of the molecule is ClC(Cl)Cl.[O-]/C(=N\O)c1ccccc1[O-].[Pt+2].c1ccc([PH+](c2ccccc2)c2ccccc2)cc1.c1ccc([PH+](c2ccccc2)c2ccccc2)cc1. The van der Waals surface area contributed by atoms with E-state index in [4.69, 9.17) is 40.0 Å². The molecular formula is C44H38Cl3NO3P2Pt+2. The topological polar surface area (TPSA) is 78.7 Å². The fourth-order valence-corrected chi connectivity index (χ4v) is 10.5. The van der Waals surface area contributed by atoms with Gasteiger partial charge in [-0.25, -0.2) is 0 Å². The molecule has 54 heavy (non-hydrogen) atoms. The molecule has 0 saturated heterocycles. The van der Waals surface area contributed by atoms with E-state index in [0.29, 0.717) is 0 Å². The molecule has 0 fully saturated rings. The van der Waals surface area contributed by atoms with Crippen LogP contribution in [0.3, 0.4) is 0 Å². The van der Waals surface area contributed by atoms with E-state index in [0.717, 1.165) is 0 Å². The molecule has 7 rings (SSSR count). The molecule has 0 aliphatic carbocycles. The zero-order valence-electron chi connectivity index (χ0n) is 28.9. The first kappa shape index (κ1) is 44.4. The molecule has 0 heterocycles. The number of halogens is 3. The zero-order chi connectivity index (χ0) is 37.7. The Morgan fingerprint density at radius 3 is 0.833 bits per heavy atom. The van der Waals surface area contributed by atoms with Crippen LogP contribution in [0.15, 0.2) is 211 Å². The monoisotopic (exact) mass is 990 g/mol. The van der Waals surface area contributed by atoms with Crippen molar-refractivity contribution in [3.8, 4) is 5.75 Å². The molecule has 276 valence electrons. The van der Waals surface area contributed by atoms with Gasteiger partial charge in [0.25, 0.3) is 0 Å². The zero-order valence-corrected chi connectivity index (χ0v) is 35.4. The van der Waals surface area contributed by atoms with E-state index < -0.39 is 31.8 Å². The van der Waals surface area contributed by atoms with Crippen molar-refractivity contribution in [1.82, 2.24) is 0 Å². The maximum absolute atomic E-state index is 10.8. The maximum atomic E-state index is 10.8. The summed E-state index contributed by atoms with van der Waals surface area (Å²) in [5.41, 5.74) is -0.116. The Balaban J connectivity index is 0.000000212. The van der Waals surface area contributed by atoms with Crippen molar-refractivity contribution >= 4 is 88.4 Å². The van der Waals surface area contributed by atoms with Gasteiger partial charge in [-0.1, -0.05) is 168 Å². The summed E-state index contributed by atoms with van der Waals surface area (Å²) >= 11 is 14.4. The van der Waals surface area contributed by atoms with Crippen LogP contribution in [-0.4, -0.2) is 15.4 Å². The molecule has 7 aromatic rings. The fourth-order valence-electron chi connectivity index (χ4n) is 5.33. The summed E-state index contributed by atoms with van der Waals surface area (Å²) in [5, 5.41) is 40.5. The first-order valence-electron chi connectivity index (χ1n) is 16.5. The second-order valence-electron chi connectivity index (χ2n) is 11.1. The quantitative estimate of drug-likeness (QED) is 0.0447. The molecule has 0 aliphatic heterocycles. The summed E-state index contributed by atoms with van der Waals surface area (Å²) < 4.78 is -0.750. The Labute approximate surface area is 349 Å². The maximum Gasteiger partial charge on any atom is 2.00 e. The number of hydrogen-bond acceptors (Lipinski definition) is 4. The van der Waals surface area contributed by atoms with Crippen LogP contribution >= 0.6 is 50.6 Å². The van der Waals surface area contributed by atoms with Crippen molar-refractivity contribution < 1.29 is 36.5 Å². The van der Waals surface area contributed by atoms with E-state index in [-0.39, 0.29) is 26.6 Å². The van der Waals surface area contributed by atoms with Gasteiger partial charge in [-0.05, 0) is 78.4 Å². The molecule has 0 spiro atoms. The van der Waals surface area contributed by atoms with Crippen LogP contribution in [0.4, 0.5) is 0 Å². The smallest absolute Gasteiger partial charge is 0.872 e. The van der Waals surface area contributed by atoms with Crippen molar-refractivity contribution in [2.24, 2.45) is 5.16 Å². The third-order valence-corrected chi connectivity index (χ3v) is 13.0. The minimum Gasteiger partial charge on any atom is -0.872 e. The number of benzene rings is 7. The molecule has 0 aliphatic rings. The van der Waals surface area contributed by atoms with Gasteiger partial charge in [0, 0.05) is 5.90 Å². The summed E-state index contributed by atoms with van der Waals surface area (Å²) in [6, 6.07) is 70.6. The van der Waals surface area contributed by atoms with E-state index in [9.17, 15) is 10.2 Å². The van der Waals surface area contributed by atoms with Crippen molar-refractivity contribution in [3.05, 3.63) is 212 Å². The molecule has 0 saturated carbocycles. The van der Waals surface area contributed by atoms with E-state index >= 15 is 0 Å². The summed E-state index contributed by atoms with van der Waals surface area (Å²) in [6.45, 7) is 0. The average Bonchev–Trinajstić information content (AvgIpc) is 3.21. The van der Waals surface area contributed by atoms with Crippen LogP contribution in [0.2, 0.25) is 0 Å².